The van der Waals surface area contributed by atoms with Gasteiger partial charge in [0, 0.05) is 22.6 Å². The van der Waals surface area contributed by atoms with Gasteiger partial charge in [-0.25, -0.2) is 9.13 Å². The predicted molar refractivity (Wildman–Crippen MR) is 131 cm³/mol. The summed E-state index contributed by atoms with van der Waals surface area (Å²) in [6, 6.07) is 11.3. The third kappa shape index (κ3) is 7.53. The molecule has 174 valence electrons. The average molecular weight is 478 g/mol. The molecule has 0 fully saturated rings. The van der Waals surface area contributed by atoms with Gasteiger partial charge in [0.25, 0.3) is 0 Å². The van der Waals surface area contributed by atoms with Gasteiger partial charge in [-0.3, -0.25) is 9.56 Å². The Balaban J connectivity index is 2.46. The molecule has 0 amide bonds. The molecular formula is C23H32N2O5P2. The van der Waals surface area contributed by atoms with Crippen molar-refractivity contribution in [2.24, 2.45) is 4.99 Å². The summed E-state index contributed by atoms with van der Waals surface area (Å²) in [5.41, 5.74) is 5.38. The molecule has 9 heteroatoms. The minimum atomic E-state index is -3.07. The Kier molecular flexibility index (Phi) is 9.60. The topological polar surface area (TPSA) is 105 Å². The number of rotatable bonds is 11. The fourth-order valence-electron chi connectivity index (χ4n) is 3.08. The maximum Gasteiger partial charge on any atom is 0.320 e. The van der Waals surface area contributed by atoms with E-state index in [-0.39, 0.29) is 18.2 Å². The first-order chi connectivity index (χ1) is 15.1. The summed E-state index contributed by atoms with van der Waals surface area (Å²) >= 11 is 0. The van der Waals surface area contributed by atoms with E-state index in [0.29, 0.717) is 16.9 Å². The van der Waals surface area contributed by atoms with Crippen LogP contribution in [-0.4, -0.2) is 10.6 Å². The van der Waals surface area contributed by atoms with Gasteiger partial charge in [-0.1, -0.05) is 39.8 Å². The molecule has 0 aliphatic heterocycles. The van der Waals surface area contributed by atoms with Crippen molar-refractivity contribution in [3.63, 3.8) is 0 Å². The van der Waals surface area contributed by atoms with E-state index in [1.54, 1.807) is 12.1 Å². The highest BCUT2D eigenvalue weighted by molar-refractivity contribution is 7.32. The summed E-state index contributed by atoms with van der Waals surface area (Å²) in [6.07, 6.45) is 1.61. The first kappa shape index (κ1) is 26.2. The second kappa shape index (κ2) is 11.7. The van der Waals surface area contributed by atoms with Crippen molar-refractivity contribution < 1.29 is 23.1 Å². The first-order valence-electron chi connectivity index (χ1n) is 10.6. The lowest BCUT2D eigenvalue weighted by Gasteiger charge is -2.25. The highest BCUT2D eigenvalue weighted by atomic mass is 31.1. The van der Waals surface area contributed by atoms with E-state index in [1.165, 1.54) is 0 Å². The van der Waals surface area contributed by atoms with Crippen molar-refractivity contribution in [1.82, 2.24) is 0 Å². The fourth-order valence-corrected chi connectivity index (χ4v) is 3.89. The lowest BCUT2D eigenvalue weighted by atomic mass is 9.81. The average Bonchev–Trinajstić information content (AvgIpc) is 2.74. The molecule has 0 heterocycles. The Morgan fingerprint density at radius 2 is 1.88 bits per heavy atom. The van der Waals surface area contributed by atoms with Crippen LogP contribution in [0.2, 0.25) is 0 Å². The fraction of sp³-hybridized carbons (Fsp3) is 0.435. The molecule has 2 aromatic rings. The highest BCUT2D eigenvalue weighted by Gasteiger charge is 2.20. The van der Waals surface area contributed by atoms with Gasteiger partial charge < -0.3 is 14.7 Å². The number of hydrogen-bond donors (Lipinski definition) is 2. The van der Waals surface area contributed by atoms with Crippen LogP contribution in [0.3, 0.4) is 0 Å². The Labute approximate surface area is 191 Å². The molecule has 0 spiro atoms. The van der Waals surface area contributed by atoms with Crippen LogP contribution in [0.4, 0.5) is 17.1 Å². The number of hydrogen-bond acceptors (Lipinski definition) is 6. The number of aliphatic imine (C=N–C) groups is 1. The third-order valence-corrected chi connectivity index (χ3v) is 6.59. The van der Waals surface area contributed by atoms with Crippen molar-refractivity contribution in [2.75, 3.05) is 5.32 Å². The maximum absolute atomic E-state index is 11.4. The molecule has 2 aromatic carbocycles. The van der Waals surface area contributed by atoms with Gasteiger partial charge in [0.1, 0.15) is 0 Å². The molecule has 1 unspecified atom stereocenters. The first-order valence-corrected chi connectivity index (χ1v) is 13.2. The van der Waals surface area contributed by atoms with Crippen LogP contribution < -0.4 is 5.32 Å². The molecule has 32 heavy (non-hydrogen) atoms. The van der Waals surface area contributed by atoms with Gasteiger partial charge in [0.2, 0.25) is 0 Å². The SMILES string of the molecule is CC/C(C)=N\c1ccc(Nc2ccc(C(C)(C)CC)cc2CO[PH](=O)O)cc1CP(=O)=O. The molecule has 2 N–H and O–H groups in total. The zero-order valence-corrected chi connectivity index (χ0v) is 21.2. The van der Waals surface area contributed by atoms with Crippen LogP contribution >= 0.6 is 15.9 Å². The number of nitrogens with zero attached hydrogens (tertiary/aromatic N) is 1. The zero-order valence-electron chi connectivity index (χ0n) is 19.3. The Morgan fingerprint density at radius 1 is 1.16 bits per heavy atom. The number of benzene rings is 2. The Hall–Kier alpha value is -2.04. The van der Waals surface area contributed by atoms with E-state index in [9.17, 15) is 13.7 Å². The summed E-state index contributed by atoms with van der Waals surface area (Å²) in [7, 11) is -5.68. The van der Waals surface area contributed by atoms with Crippen LogP contribution in [0.5, 0.6) is 0 Å². The smallest absolute Gasteiger partial charge is 0.320 e. The molecule has 0 bridgehead atoms. The van der Waals surface area contributed by atoms with Gasteiger partial charge in [0.05, 0.1) is 18.5 Å². The van der Waals surface area contributed by atoms with E-state index in [1.807, 2.05) is 38.1 Å². The van der Waals surface area contributed by atoms with E-state index < -0.39 is 15.9 Å². The molecule has 0 aliphatic rings. The van der Waals surface area contributed by atoms with E-state index in [0.717, 1.165) is 35.4 Å². The molecule has 7 nitrogen and oxygen atoms in total. The minimum Gasteiger partial charge on any atom is -0.355 e. The lowest BCUT2D eigenvalue weighted by molar-refractivity contribution is 0.272. The predicted octanol–water partition coefficient (Wildman–Crippen LogP) is 7.19. The molecule has 1 atom stereocenters. The van der Waals surface area contributed by atoms with E-state index >= 15 is 0 Å². The summed E-state index contributed by atoms with van der Waals surface area (Å²) in [4.78, 5) is 13.7. The second-order valence-electron chi connectivity index (χ2n) is 8.32. The Morgan fingerprint density at radius 3 is 2.47 bits per heavy atom. The molecule has 0 radical (unpaired) electrons. The van der Waals surface area contributed by atoms with Crippen LogP contribution in [0.25, 0.3) is 0 Å². The molecule has 2 rings (SSSR count). The van der Waals surface area contributed by atoms with E-state index in [2.05, 4.69) is 31.1 Å². The van der Waals surface area contributed by atoms with Crippen molar-refractivity contribution >= 4 is 38.7 Å². The molecule has 0 aromatic heterocycles. The van der Waals surface area contributed by atoms with Crippen molar-refractivity contribution in [3.8, 4) is 0 Å². The zero-order chi connectivity index (χ0) is 23.9. The van der Waals surface area contributed by atoms with Crippen LogP contribution in [0.1, 0.15) is 64.2 Å². The summed E-state index contributed by atoms with van der Waals surface area (Å²) < 4.78 is 39.0. The van der Waals surface area contributed by atoms with Gasteiger partial charge >= 0.3 is 15.9 Å². The van der Waals surface area contributed by atoms with Gasteiger partial charge in [-0.05, 0) is 60.6 Å². The van der Waals surface area contributed by atoms with Crippen molar-refractivity contribution in [1.29, 1.82) is 0 Å². The van der Waals surface area contributed by atoms with E-state index in [4.69, 9.17) is 9.42 Å². The molecule has 0 saturated heterocycles. The van der Waals surface area contributed by atoms with Crippen molar-refractivity contribution in [2.45, 2.75) is 65.6 Å². The number of anilines is 2. The largest absolute Gasteiger partial charge is 0.355 e. The van der Waals surface area contributed by atoms with Gasteiger partial charge in [-0.15, -0.1) is 0 Å². The monoisotopic (exact) mass is 478 g/mol. The summed E-state index contributed by atoms with van der Waals surface area (Å²) in [5, 5.41) is 3.30. The lowest BCUT2D eigenvalue weighted by Crippen LogP contribution is -2.16. The van der Waals surface area contributed by atoms with Gasteiger partial charge in [0.15, 0.2) is 0 Å². The summed E-state index contributed by atoms with van der Waals surface area (Å²) in [6.45, 7) is 10.3. The summed E-state index contributed by atoms with van der Waals surface area (Å²) in [5.74, 6) is 0. The standard InChI is InChI=1S/C23H32N2O5P2/c1-6-16(3)24-22-11-9-20(13-18(22)15-31(26)27)25-21-10-8-19(23(4,5)7-2)12-17(21)14-30-32(28)29/h8-13,25,32H,6-7,14-15H2,1-5H3,(H,28,29)/b24-16-. The second-order valence-corrected chi connectivity index (χ2v) is 10.1. The number of nitrogens with one attached hydrogen (secondary N) is 1. The molecular weight excluding hydrogens is 446 g/mol. The Bertz CT molecular complexity index is 1070. The maximum atomic E-state index is 11.4. The third-order valence-electron chi connectivity index (χ3n) is 5.60. The normalized spacial score (nSPS) is 13.1. The van der Waals surface area contributed by atoms with Gasteiger partial charge in [-0.2, -0.15) is 0 Å². The van der Waals surface area contributed by atoms with Crippen LogP contribution in [0.15, 0.2) is 41.4 Å². The highest BCUT2D eigenvalue weighted by Crippen LogP contribution is 2.34. The van der Waals surface area contributed by atoms with Crippen LogP contribution in [-0.2, 0) is 36.4 Å². The molecule has 0 aliphatic carbocycles. The van der Waals surface area contributed by atoms with Crippen LogP contribution in [0, 0.1) is 0 Å². The van der Waals surface area contributed by atoms with Crippen molar-refractivity contribution in [3.05, 3.63) is 53.1 Å². The quantitative estimate of drug-likeness (QED) is 0.262. The minimum absolute atomic E-state index is 0.0123. The molecule has 0 saturated carbocycles.